The third-order valence-corrected chi connectivity index (χ3v) is 2.43. The molecule has 104 valence electrons. The van der Waals surface area contributed by atoms with Crippen molar-refractivity contribution >= 4 is 17.8 Å². The number of carboxylic acid groups (broad SMARTS) is 1. The Kier molecular flexibility index (Phi) is 7.74. The van der Waals surface area contributed by atoms with Gasteiger partial charge in [0.15, 0.2) is 0 Å². The highest BCUT2D eigenvalue weighted by Crippen LogP contribution is 2.06. The quantitative estimate of drug-likeness (QED) is 0.591. The van der Waals surface area contributed by atoms with E-state index in [0.29, 0.717) is 12.8 Å². The van der Waals surface area contributed by atoms with Crippen molar-refractivity contribution in [1.29, 1.82) is 0 Å². The van der Waals surface area contributed by atoms with Gasteiger partial charge in [-0.1, -0.05) is 13.8 Å². The lowest BCUT2D eigenvalue weighted by molar-refractivity contribution is -0.142. The van der Waals surface area contributed by atoms with Crippen molar-refractivity contribution in [3.8, 4) is 0 Å². The maximum atomic E-state index is 11.5. The molecular weight excluding hydrogens is 236 g/mol. The molecule has 0 bridgehead atoms. The standard InChI is InChI=1S/C12H22N2O4/c1-8(2)7-9(12(17)18)14-11(16)6-4-5-10(15)13-3/h8-9H,4-7H2,1-3H3,(H,13,15)(H,14,16)(H,17,18)/t9-/m1/s1. The van der Waals surface area contributed by atoms with Crippen LogP contribution in [0.2, 0.25) is 0 Å². The monoisotopic (exact) mass is 258 g/mol. The number of nitrogens with one attached hydrogen (secondary N) is 2. The smallest absolute Gasteiger partial charge is 0.326 e. The summed E-state index contributed by atoms with van der Waals surface area (Å²) < 4.78 is 0. The highest BCUT2D eigenvalue weighted by Gasteiger charge is 2.20. The van der Waals surface area contributed by atoms with E-state index < -0.39 is 12.0 Å². The highest BCUT2D eigenvalue weighted by molar-refractivity contribution is 5.84. The SMILES string of the molecule is CNC(=O)CCCC(=O)N[C@H](CC(C)C)C(=O)O. The van der Waals surface area contributed by atoms with Crippen LogP contribution in [-0.2, 0) is 14.4 Å². The summed E-state index contributed by atoms with van der Waals surface area (Å²) in [6.07, 6.45) is 1.25. The van der Waals surface area contributed by atoms with Gasteiger partial charge in [0.1, 0.15) is 6.04 Å². The van der Waals surface area contributed by atoms with Gasteiger partial charge in [-0.2, -0.15) is 0 Å². The average molecular weight is 258 g/mol. The molecule has 0 aromatic carbocycles. The van der Waals surface area contributed by atoms with Gasteiger partial charge in [-0.05, 0) is 18.8 Å². The molecule has 6 heteroatoms. The van der Waals surface area contributed by atoms with E-state index in [-0.39, 0.29) is 30.6 Å². The molecule has 0 aliphatic carbocycles. The molecule has 0 aromatic rings. The Bertz CT molecular complexity index is 302. The number of carbonyl (C=O) groups is 3. The van der Waals surface area contributed by atoms with Crippen LogP contribution in [0.4, 0.5) is 0 Å². The zero-order valence-corrected chi connectivity index (χ0v) is 11.2. The topological polar surface area (TPSA) is 95.5 Å². The van der Waals surface area contributed by atoms with Crippen LogP contribution in [0.15, 0.2) is 0 Å². The van der Waals surface area contributed by atoms with Gasteiger partial charge in [0.25, 0.3) is 0 Å². The Morgan fingerprint density at radius 1 is 1.11 bits per heavy atom. The van der Waals surface area contributed by atoms with E-state index in [0.717, 1.165) is 0 Å². The minimum absolute atomic E-state index is 0.125. The maximum Gasteiger partial charge on any atom is 0.326 e. The fourth-order valence-corrected chi connectivity index (χ4v) is 1.49. The summed E-state index contributed by atoms with van der Waals surface area (Å²) in [5.41, 5.74) is 0. The first-order valence-corrected chi connectivity index (χ1v) is 6.09. The van der Waals surface area contributed by atoms with Crippen LogP contribution in [0.3, 0.4) is 0 Å². The molecule has 0 rings (SSSR count). The van der Waals surface area contributed by atoms with Crippen molar-refractivity contribution < 1.29 is 19.5 Å². The van der Waals surface area contributed by atoms with Gasteiger partial charge < -0.3 is 15.7 Å². The van der Waals surface area contributed by atoms with E-state index in [1.54, 1.807) is 0 Å². The predicted molar refractivity (Wildman–Crippen MR) is 66.9 cm³/mol. The molecule has 0 saturated heterocycles. The highest BCUT2D eigenvalue weighted by atomic mass is 16.4. The molecule has 3 N–H and O–H groups in total. The van der Waals surface area contributed by atoms with Gasteiger partial charge in [0, 0.05) is 19.9 Å². The summed E-state index contributed by atoms with van der Waals surface area (Å²) in [6, 6.07) is -0.850. The Morgan fingerprint density at radius 2 is 1.67 bits per heavy atom. The number of carbonyl (C=O) groups excluding carboxylic acids is 2. The number of hydrogen-bond donors (Lipinski definition) is 3. The minimum Gasteiger partial charge on any atom is -0.480 e. The molecule has 2 amide bonds. The van der Waals surface area contributed by atoms with Gasteiger partial charge in [-0.15, -0.1) is 0 Å². The third kappa shape index (κ3) is 7.65. The van der Waals surface area contributed by atoms with E-state index in [9.17, 15) is 14.4 Å². The van der Waals surface area contributed by atoms with Crippen LogP contribution in [0.5, 0.6) is 0 Å². The van der Waals surface area contributed by atoms with Crippen molar-refractivity contribution in [3.05, 3.63) is 0 Å². The molecule has 0 unspecified atom stereocenters. The number of rotatable bonds is 8. The van der Waals surface area contributed by atoms with Crippen LogP contribution >= 0.6 is 0 Å². The van der Waals surface area contributed by atoms with Crippen LogP contribution in [0.1, 0.15) is 39.5 Å². The minimum atomic E-state index is -1.02. The van der Waals surface area contributed by atoms with Crippen LogP contribution < -0.4 is 10.6 Å². The molecular formula is C12H22N2O4. The van der Waals surface area contributed by atoms with Crippen molar-refractivity contribution in [3.63, 3.8) is 0 Å². The van der Waals surface area contributed by atoms with Gasteiger partial charge in [-0.3, -0.25) is 9.59 Å². The lowest BCUT2D eigenvalue weighted by Crippen LogP contribution is -2.41. The molecule has 0 spiro atoms. The summed E-state index contributed by atoms with van der Waals surface area (Å²) in [6.45, 7) is 3.79. The summed E-state index contributed by atoms with van der Waals surface area (Å²) >= 11 is 0. The van der Waals surface area contributed by atoms with Crippen LogP contribution in [0.25, 0.3) is 0 Å². The van der Waals surface area contributed by atoms with Gasteiger partial charge >= 0.3 is 5.97 Å². The van der Waals surface area contributed by atoms with Crippen molar-refractivity contribution in [2.75, 3.05) is 7.05 Å². The number of amides is 2. The predicted octanol–water partition coefficient (Wildman–Crippen LogP) is 0.518. The van der Waals surface area contributed by atoms with Gasteiger partial charge in [-0.25, -0.2) is 4.79 Å². The summed E-state index contributed by atoms with van der Waals surface area (Å²) in [7, 11) is 1.53. The zero-order valence-electron chi connectivity index (χ0n) is 11.2. The molecule has 18 heavy (non-hydrogen) atoms. The first-order valence-electron chi connectivity index (χ1n) is 6.09. The number of hydrogen-bond acceptors (Lipinski definition) is 3. The van der Waals surface area contributed by atoms with Crippen LogP contribution in [-0.4, -0.2) is 36.0 Å². The fourth-order valence-electron chi connectivity index (χ4n) is 1.49. The third-order valence-electron chi connectivity index (χ3n) is 2.43. The van der Waals surface area contributed by atoms with E-state index in [2.05, 4.69) is 10.6 Å². The zero-order chi connectivity index (χ0) is 14.1. The largest absolute Gasteiger partial charge is 0.480 e. The second kappa shape index (κ2) is 8.49. The number of aliphatic carboxylic acids is 1. The van der Waals surface area contributed by atoms with E-state index in [1.807, 2.05) is 13.8 Å². The molecule has 0 aliphatic rings. The number of carboxylic acids is 1. The molecule has 0 aromatic heterocycles. The molecule has 0 saturated carbocycles. The average Bonchev–Trinajstić information content (AvgIpc) is 2.27. The van der Waals surface area contributed by atoms with Crippen molar-refractivity contribution in [2.45, 2.75) is 45.6 Å². The molecule has 0 fully saturated rings. The maximum absolute atomic E-state index is 11.5. The molecule has 0 aliphatic heterocycles. The Hall–Kier alpha value is -1.59. The van der Waals surface area contributed by atoms with Crippen molar-refractivity contribution in [2.24, 2.45) is 5.92 Å². The molecule has 0 radical (unpaired) electrons. The molecule has 6 nitrogen and oxygen atoms in total. The lowest BCUT2D eigenvalue weighted by atomic mass is 10.0. The second-order valence-electron chi connectivity index (χ2n) is 4.61. The van der Waals surface area contributed by atoms with Crippen molar-refractivity contribution in [1.82, 2.24) is 10.6 Å². The Labute approximate surface area is 107 Å². The lowest BCUT2D eigenvalue weighted by Gasteiger charge is -2.16. The Morgan fingerprint density at radius 3 is 2.11 bits per heavy atom. The van der Waals surface area contributed by atoms with E-state index >= 15 is 0 Å². The van der Waals surface area contributed by atoms with Gasteiger partial charge in [0.2, 0.25) is 11.8 Å². The molecule has 0 heterocycles. The first kappa shape index (κ1) is 16.4. The molecule has 1 atom stereocenters. The van der Waals surface area contributed by atoms with E-state index in [4.69, 9.17) is 5.11 Å². The normalized spacial score (nSPS) is 12.0. The van der Waals surface area contributed by atoms with Gasteiger partial charge in [0.05, 0.1) is 0 Å². The van der Waals surface area contributed by atoms with E-state index in [1.165, 1.54) is 7.05 Å². The fraction of sp³-hybridized carbons (Fsp3) is 0.750. The summed E-state index contributed by atoms with van der Waals surface area (Å²) in [4.78, 5) is 33.4. The second-order valence-corrected chi connectivity index (χ2v) is 4.61. The van der Waals surface area contributed by atoms with Crippen LogP contribution in [0, 0.1) is 5.92 Å². The first-order chi connectivity index (χ1) is 8.36. The Balaban J connectivity index is 4.03. The summed E-state index contributed by atoms with van der Waals surface area (Å²) in [5.74, 6) is -1.28. The summed E-state index contributed by atoms with van der Waals surface area (Å²) in [5, 5.41) is 13.9.